The van der Waals surface area contributed by atoms with Crippen LogP contribution in [0.1, 0.15) is 0 Å². The highest BCUT2D eigenvalue weighted by atomic mass is 79.9. The van der Waals surface area contributed by atoms with Crippen LogP contribution in [0.3, 0.4) is 0 Å². The Morgan fingerprint density at radius 2 is 2.08 bits per heavy atom. The van der Waals surface area contributed by atoms with Crippen molar-refractivity contribution >= 4 is 59.1 Å². The normalized spacial score (nSPS) is 10.7. The molecule has 0 aliphatic rings. The van der Waals surface area contributed by atoms with E-state index in [1.54, 1.807) is 10.9 Å². The summed E-state index contributed by atoms with van der Waals surface area (Å²) in [6.07, 6.45) is 3.58. The number of hydrogen-bond acceptors (Lipinski definition) is 3. The Bertz CT molecular complexity index is 417. The Morgan fingerprint density at radius 3 is 2.54 bits per heavy atom. The lowest BCUT2D eigenvalue weighted by Gasteiger charge is -1.90. The second kappa shape index (κ2) is 3.80. The van der Waals surface area contributed by atoms with E-state index in [-0.39, 0.29) is 0 Å². The van der Waals surface area contributed by atoms with Gasteiger partial charge >= 0.3 is 0 Å². The smallest absolute Gasteiger partial charge is 0.212 e. The lowest BCUT2D eigenvalue weighted by atomic mass is 10.7. The minimum absolute atomic E-state index is 0.805. The first-order valence-electron chi connectivity index (χ1n) is 3.19. The van der Waals surface area contributed by atoms with E-state index in [2.05, 4.69) is 57.9 Å². The van der Waals surface area contributed by atoms with Crippen molar-refractivity contribution in [1.82, 2.24) is 14.8 Å². The lowest BCUT2D eigenvalue weighted by Crippen LogP contribution is -1.91. The van der Waals surface area contributed by atoms with Gasteiger partial charge in [0.05, 0.1) is 10.7 Å². The molecule has 2 aromatic heterocycles. The van der Waals surface area contributed by atoms with Gasteiger partial charge in [-0.25, -0.2) is 9.67 Å². The van der Waals surface area contributed by atoms with E-state index in [1.165, 1.54) is 11.3 Å². The molecular weight excluding hydrogens is 386 g/mol. The minimum Gasteiger partial charge on any atom is -0.212 e. The molecular formula is C6H2Br3N3S. The van der Waals surface area contributed by atoms with E-state index in [1.807, 2.05) is 6.20 Å². The SMILES string of the molecule is Brc1cnn(-c2nc(Br)c(Br)s2)c1. The molecule has 2 aromatic rings. The van der Waals surface area contributed by atoms with Gasteiger partial charge in [-0.15, -0.1) is 0 Å². The summed E-state index contributed by atoms with van der Waals surface area (Å²) in [7, 11) is 0. The zero-order valence-electron chi connectivity index (χ0n) is 6.04. The van der Waals surface area contributed by atoms with Crippen molar-refractivity contribution in [2.24, 2.45) is 0 Å². The summed E-state index contributed by atoms with van der Waals surface area (Å²) >= 11 is 11.5. The highest BCUT2D eigenvalue weighted by Crippen LogP contribution is 2.31. The zero-order valence-corrected chi connectivity index (χ0v) is 11.6. The van der Waals surface area contributed by atoms with Crippen molar-refractivity contribution in [3.8, 4) is 5.13 Å². The summed E-state index contributed by atoms with van der Waals surface area (Å²) in [6, 6.07) is 0. The fourth-order valence-electron chi connectivity index (χ4n) is 0.776. The van der Waals surface area contributed by atoms with Crippen LogP contribution in [0.4, 0.5) is 0 Å². The largest absolute Gasteiger partial charge is 0.212 e. The van der Waals surface area contributed by atoms with Crippen LogP contribution in [-0.2, 0) is 0 Å². The molecule has 3 nitrogen and oxygen atoms in total. The third-order valence-corrected chi connectivity index (χ3v) is 4.76. The van der Waals surface area contributed by atoms with Crippen LogP contribution in [0.15, 0.2) is 25.3 Å². The van der Waals surface area contributed by atoms with Gasteiger partial charge in [0.15, 0.2) is 0 Å². The molecule has 0 radical (unpaired) electrons. The van der Waals surface area contributed by atoms with Gasteiger partial charge < -0.3 is 0 Å². The summed E-state index contributed by atoms with van der Waals surface area (Å²) < 4.78 is 4.42. The van der Waals surface area contributed by atoms with Crippen molar-refractivity contribution in [2.75, 3.05) is 0 Å². The first kappa shape index (κ1) is 9.82. The Morgan fingerprint density at radius 1 is 1.31 bits per heavy atom. The Hall–Kier alpha value is 0.280. The summed E-state index contributed by atoms with van der Waals surface area (Å²) in [5.41, 5.74) is 0. The maximum absolute atomic E-state index is 4.26. The molecule has 0 saturated carbocycles. The summed E-state index contributed by atoms with van der Waals surface area (Å²) in [4.78, 5) is 4.26. The highest BCUT2D eigenvalue weighted by molar-refractivity contribution is 9.13. The quantitative estimate of drug-likeness (QED) is 0.748. The van der Waals surface area contributed by atoms with Crippen molar-refractivity contribution in [3.63, 3.8) is 0 Å². The summed E-state index contributed by atoms with van der Waals surface area (Å²) in [5.74, 6) is 0. The van der Waals surface area contributed by atoms with E-state index in [4.69, 9.17) is 0 Å². The molecule has 13 heavy (non-hydrogen) atoms. The number of hydrogen-bond donors (Lipinski definition) is 0. The Kier molecular flexibility index (Phi) is 2.87. The van der Waals surface area contributed by atoms with Gasteiger partial charge in [-0.05, 0) is 47.8 Å². The molecule has 0 unspecified atom stereocenters. The molecule has 2 rings (SSSR count). The molecule has 68 valence electrons. The molecule has 2 heterocycles. The number of rotatable bonds is 1. The molecule has 0 aliphatic carbocycles. The van der Waals surface area contributed by atoms with Crippen molar-refractivity contribution < 1.29 is 0 Å². The van der Waals surface area contributed by atoms with Gasteiger partial charge in [0.1, 0.15) is 8.39 Å². The van der Waals surface area contributed by atoms with Crippen LogP contribution < -0.4 is 0 Å². The third kappa shape index (κ3) is 2.03. The Labute approximate surface area is 104 Å². The maximum atomic E-state index is 4.26. The van der Waals surface area contributed by atoms with Crippen LogP contribution in [0.25, 0.3) is 5.13 Å². The monoisotopic (exact) mass is 385 g/mol. The molecule has 0 amide bonds. The van der Waals surface area contributed by atoms with Crippen molar-refractivity contribution in [1.29, 1.82) is 0 Å². The standard InChI is InChI=1S/C6H2Br3N3S/c7-3-1-10-12(2-3)6-11-4(8)5(9)13-6/h1-2H. The van der Waals surface area contributed by atoms with Gasteiger partial charge in [-0.3, -0.25) is 0 Å². The highest BCUT2D eigenvalue weighted by Gasteiger charge is 2.08. The Balaban J connectivity index is 2.46. The average Bonchev–Trinajstić information content (AvgIpc) is 2.61. The van der Waals surface area contributed by atoms with Crippen molar-refractivity contribution in [3.05, 3.63) is 25.3 Å². The molecule has 0 spiro atoms. The summed E-state index contributed by atoms with van der Waals surface area (Å²) in [5, 5.41) is 4.94. The predicted octanol–water partition coefficient (Wildman–Crippen LogP) is 3.62. The molecule has 0 atom stereocenters. The van der Waals surface area contributed by atoms with Gasteiger partial charge in [-0.2, -0.15) is 5.10 Å². The maximum Gasteiger partial charge on any atom is 0.212 e. The molecule has 0 N–H and O–H groups in total. The second-order valence-corrected chi connectivity index (χ2v) is 6.13. The number of nitrogens with zero attached hydrogens (tertiary/aromatic N) is 3. The van der Waals surface area contributed by atoms with Crippen LogP contribution in [0.5, 0.6) is 0 Å². The molecule has 0 saturated heterocycles. The molecule has 0 aliphatic heterocycles. The topological polar surface area (TPSA) is 30.7 Å². The van der Waals surface area contributed by atoms with Crippen LogP contribution in [0.2, 0.25) is 0 Å². The van der Waals surface area contributed by atoms with E-state index in [0.717, 1.165) is 18.0 Å². The van der Waals surface area contributed by atoms with E-state index in [9.17, 15) is 0 Å². The van der Waals surface area contributed by atoms with Crippen LogP contribution in [-0.4, -0.2) is 14.8 Å². The lowest BCUT2D eigenvalue weighted by molar-refractivity contribution is 0.867. The van der Waals surface area contributed by atoms with Gasteiger partial charge in [-0.1, -0.05) is 11.3 Å². The fraction of sp³-hybridized carbons (Fsp3) is 0. The van der Waals surface area contributed by atoms with Crippen molar-refractivity contribution in [2.45, 2.75) is 0 Å². The first-order chi connectivity index (χ1) is 6.16. The fourth-order valence-corrected chi connectivity index (χ4v) is 2.73. The zero-order chi connectivity index (χ0) is 9.42. The third-order valence-electron chi connectivity index (χ3n) is 1.28. The first-order valence-corrected chi connectivity index (χ1v) is 6.39. The molecule has 0 fully saturated rings. The number of thiazole rings is 1. The average molecular weight is 388 g/mol. The van der Waals surface area contributed by atoms with E-state index in [0.29, 0.717) is 0 Å². The van der Waals surface area contributed by atoms with E-state index >= 15 is 0 Å². The second-order valence-electron chi connectivity index (χ2n) is 2.16. The molecule has 0 bridgehead atoms. The molecule has 7 heteroatoms. The van der Waals surface area contributed by atoms with Crippen LogP contribution >= 0.6 is 59.1 Å². The van der Waals surface area contributed by atoms with Gasteiger partial charge in [0.25, 0.3) is 0 Å². The summed E-state index contributed by atoms with van der Waals surface area (Å²) in [6.45, 7) is 0. The number of aromatic nitrogens is 3. The minimum atomic E-state index is 0.805. The van der Waals surface area contributed by atoms with Crippen LogP contribution in [0, 0.1) is 0 Å². The van der Waals surface area contributed by atoms with E-state index < -0.39 is 0 Å². The van der Waals surface area contributed by atoms with Gasteiger partial charge in [0, 0.05) is 6.20 Å². The number of halogens is 3. The van der Waals surface area contributed by atoms with Gasteiger partial charge in [0.2, 0.25) is 5.13 Å². The predicted molar refractivity (Wildman–Crippen MR) is 62.3 cm³/mol. The molecule has 0 aromatic carbocycles.